The van der Waals surface area contributed by atoms with E-state index < -0.39 is 0 Å². The monoisotopic (exact) mass is 232 g/mol. The fourth-order valence-electron chi connectivity index (χ4n) is 0.626. The molecule has 1 unspecified atom stereocenters. The molecule has 0 aromatic rings. The van der Waals surface area contributed by atoms with E-state index in [4.69, 9.17) is 4.74 Å². The van der Waals surface area contributed by atoms with Crippen LogP contribution in [-0.4, -0.2) is 12.6 Å². The van der Waals surface area contributed by atoms with Crippen LogP contribution in [0.4, 0.5) is 0 Å². The van der Waals surface area contributed by atoms with Crippen LogP contribution in [0.2, 0.25) is 0 Å². The molecule has 0 N–H and O–H groups in total. The molecule has 16 heavy (non-hydrogen) atoms. The van der Waals surface area contributed by atoms with Crippen LogP contribution >= 0.6 is 0 Å². The van der Waals surface area contributed by atoms with E-state index in [0.717, 1.165) is 19.3 Å². The van der Waals surface area contributed by atoms with Gasteiger partial charge in [0.2, 0.25) is 0 Å². The molecule has 0 aliphatic rings. The molecule has 0 aromatic carbocycles. The first-order chi connectivity index (χ1) is 7.13. The van der Waals surface area contributed by atoms with Crippen molar-refractivity contribution in [3.05, 3.63) is 0 Å². The van der Waals surface area contributed by atoms with Gasteiger partial charge in [-0.1, -0.05) is 61.3 Å². The normalized spacial score (nSPS) is 10.6. The van der Waals surface area contributed by atoms with Crippen LogP contribution in [0.25, 0.3) is 0 Å². The molecule has 0 aromatic heterocycles. The van der Waals surface area contributed by atoms with Crippen molar-refractivity contribution in [3.8, 4) is 0 Å². The molecular weight excluding hydrogens is 200 g/mol. The van der Waals surface area contributed by atoms with Gasteiger partial charge in [-0.05, 0) is 12.8 Å². The predicted octanol–water partition coefficient (Wildman–Crippen LogP) is 4.82. The summed E-state index contributed by atoms with van der Waals surface area (Å²) in [5, 5.41) is 0. The highest BCUT2D eigenvalue weighted by molar-refractivity contribution is 5.71. The molecule has 0 amide bonds. The van der Waals surface area contributed by atoms with Gasteiger partial charge in [0.15, 0.2) is 0 Å². The third-order valence-electron chi connectivity index (χ3n) is 2.26. The maximum Gasteiger partial charge on any atom is 0.308 e. The highest BCUT2D eigenvalue weighted by Crippen LogP contribution is 2.03. The number of carbonyl (C=O) groups excluding carboxylic acids is 1. The molecule has 0 heterocycles. The van der Waals surface area contributed by atoms with Crippen LogP contribution in [-0.2, 0) is 9.53 Å². The Hall–Kier alpha value is -0.530. The summed E-state index contributed by atoms with van der Waals surface area (Å²) in [7, 11) is 0. The number of rotatable bonds is 6. The maximum absolute atomic E-state index is 11.0. The van der Waals surface area contributed by atoms with Gasteiger partial charge < -0.3 is 4.74 Å². The number of carbonyl (C=O) groups is 1. The van der Waals surface area contributed by atoms with Gasteiger partial charge in [-0.3, -0.25) is 4.79 Å². The van der Waals surface area contributed by atoms with Gasteiger partial charge in [0.1, 0.15) is 0 Å². The van der Waals surface area contributed by atoms with Crippen molar-refractivity contribution in [1.29, 1.82) is 0 Å². The minimum atomic E-state index is -0.0547. The Morgan fingerprint density at radius 2 is 1.56 bits per heavy atom. The van der Waals surface area contributed by atoms with E-state index in [9.17, 15) is 4.79 Å². The second-order valence-electron chi connectivity index (χ2n) is 3.83. The van der Waals surface area contributed by atoms with Crippen molar-refractivity contribution in [1.82, 2.24) is 0 Å². The van der Waals surface area contributed by atoms with Crippen molar-refractivity contribution in [2.24, 2.45) is 5.92 Å². The molecule has 0 aliphatic heterocycles. The average Bonchev–Trinajstić information content (AvgIpc) is 2.28. The third kappa shape index (κ3) is 15.9. The van der Waals surface area contributed by atoms with Gasteiger partial charge in [-0.25, -0.2) is 0 Å². The lowest BCUT2D eigenvalue weighted by molar-refractivity contribution is -0.148. The first kappa shape index (κ1) is 20.8. The summed E-state index contributed by atoms with van der Waals surface area (Å²) in [6.07, 6.45) is 5.56. The molecule has 0 radical (unpaired) electrons. The lowest BCUT2D eigenvalue weighted by atomic mass is 10.1. The second kappa shape index (κ2) is 16.9. The van der Waals surface area contributed by atoms with Crippen molar-refractivity contribution < 1.29 is 9.53 Å². The second-order valence-corrected chi connectivity index (χ2v) is 3.83. The Labute approximate surface area is 103 Å². The van der Waals surface area contributed by atoms with Gasteiger partial charge in [0.25, 0.3) is 0 Å². The molecule has 0 saturated heterocycles. The largest absolute Gasteiger partial charge is 0.465 e. The molecule has 2 nitrogen and oxygen atoms in total. The lowest BCUT2D eigenvalue weighted by Crippen LogP contribution is -2.14. The Kier molecular flexibility index (Phi) is 22.0. The van der Waals surface area contributed by atoms with Gasteiger partial charge >= 0.3 is 5.97 Å². The SMILES string of the molecule is C.CCCC.CCCCOC(=O)C(C)CC. The quantitative estimate of drug-likeness (QED) is 0.485. The van der Waals surface area contributed by atoms with E-state index in [1.807, 2.05) is 13.8 Å². The van der Waals surface area contributed by atoms with Crippen LogP contribution in [0.1, 0.15) is 74.1 Å². The van der Waals surface area contributed by atoms with E-state index >= 15 is 0 Å². The predicted molar refractivity (Wildman–Crippen MR) is 72.6 cm³/mol. The average molecular weight is 232 g/mol. The summed E-state index contributed by atoms with van der Waals surface area (Å²) in [5.41, 5.74) is 0. The van der Waals surface area contributed by atoms with Crippen LogP contribution in [0, 0.1) is 5.92 Å². The molecule has 0 rings (SSSR count). The Bertz CT molecular complexity index is 131. The number of ether oxygens (including phenoxy) is 1. The minimum Gasteiger partial charge on any atom is -0.465 e. The topological polar surface area (TPSA) is 26.3 Å². The van der Waals surface area contributed by atoms with Crippen LogP contribution in [0.5, 0.6) is 0 Å². The molecule has 2 heteroatoms. The minimum absolute atomic E-state index is 0. The van der Waals surface area contributed by atoms with Gasteiger partial charge in [0, 0.05) is 0 Å². The summed E-state index contributed by atoms with van der Waals surface area (Å²) in [6.45, 7) is 10.9. The standard InChI is InChI=1S/C9H18O2.C4H10.CH4/c1-4-6-7-11-9(10)8(3)5-2;1-3-4-2;/h8H,4-7H2,1-3H3;3-4H2,1-2H3;1H4. The zero-order valence-electron chi connectivity index (χ0n) is 11.1. The molecule has 0 bridgehead atoms. The fourth-order valence-corrected chi connectivity index (χ4v) is 0.626. The van der Waals surface area contributed by atoms with E-state index in [-0.39, 0.29) is 19.3 Å². The van der Waals surface area contributed by atoms with Crippen LogP contribution in [0.15, 0.2) is 0 Å². The lowest BCUT2D eigenvalue weighted by Gasteiger charge is -2.07. The van der Waals surface area contributed by atoms with E-state index in [0.29, 0.717) is 6.61 Å². The highest BCUT2D eigenvalue weighted by Gasteiger charge is 2.10. The van der Waals surface area contributed by atoms with E-state index in [1.165, 1.54) is 12.8 Å². The zero-order valence-corrected chi connectivity index (χ0v) is 11.1. The molecule has 0 spiro atoms. The molecule has 0 aliphatic carbocycles. The molecule has 1 atom stereocenters. The van der Waals surface area contributed by atoms with E-state index in [1.54, 1.807) is 0 Å². The van der Waals surface area contributed by atoms with Gasteiger partial charge in [-0.2, -0.15) is 0 Å². The van der Waals surface area contributed by atoms with E-state index in [2.05, 4.69) is 20.8 Å². The van der Waals surface area contributed by atoms with Gasteiger partial charge in [0.05, 0.1) is 12.5 Å². The zero-order chi connectivity index (χ0) is 12.1. The molecule has 0 saturated carbocycles. The van der Waals surface area contributed by atoms with Crippen LogP contribution in [0.3, 0.4) is 0 Å². The molecule has 100 valence electrons. The third-order valence-corrected chi connectivity index (χ3v) is 2.26. The van der Waals surface area contributed by atoms with Crippen LogP contribution < -0.4 is 0 Å². The first-order valence-electron chi connectivity index (χ1n) is 6.30. The number of esters is 1. The Morgan fingerprint density at radius 1 is 1.06 bits per heavy atom. The highest BCUT2D eigenvalue weighted by atomic mass is 16.5. The number of unbranched alkanes of at least 4 members (excludes halogenated alkanes) is 2. The summed E-state index contributed by atoms with van der Waals surface area (Å²) in [6, 6.07) is 0. The summed E-state index contributed by atoms with van der Waals surface area (Å²) >= 11 is 0. The summed E-state index contributed by atoms with van der Waals surface area (Å²) in [4.78, 5) is 11.0. The molecular formula is C14H32O2. The van der Waals surface area contributed by atoms with Crippen molar-refractivity contribution in [2.75, 3.05) is 6.61 Å². The first-order valence-corrected chi connectivity index (χ1v) is 6.30. The maximum atomic E-state index is 11.0. The number of hydrogen-bond acceptors (Lipinski definition) is 2. The smallest absolute Gasteiger partial charge is 0.308 e. The fraction of sp³-hybridized carbons (Fsp3) is 0.929. The van der Waals surface area contributed by atoms with Crippen molar-refractivity contribution in [3.63, 3.8) is 0 Å². The molecule has 0 fully saturated rings. The number of hydrogen-bond donors (Lipinski definition) is 0. The van der Waals surface area contributed by atoms with Crippen molar-refractivity contribution in [2.45, 2.75) is 74.1 Å². The Balaban J connectivity index is -0.000000292. The summed E-state index contributed by atoms with van der Waals surface area (Å²) < 4.78 is 5.00. The van der Waals surface area contributed by atoms with Crippen molar-refractivity contribution >= 4 is 5.97 Å². The van der Waals surface area contributed by atoms with Gasteiger partial charge in [-0.15, -0.1) is 0 Å². The Morgan fingerprint density at radius 3 is 1.88 bits per heavy atom. The summed E-state index contributed by atoms with van der Waals surface area (Å²) in [5.74, 6) is 0.00723.